The molecule has 2 amide bonds. The van der Waals surface area contributed by atoms with Crippen LogP contribution in [0.4, 0.5) is 0 Å². The minimum absolute atomic E-state index is 0.0244. The van der Waals surface area contributed by atoms with Gasteiger partial charge in [0.1, 0.15) is 0 Å². The number of carbonyl (C=O) groups is 3. The lowest BCUT2D eigenvalue weighted by Crippen LogP contribution is -2.42. The number of piperidine rings is 1. The molecule has 6 nitrogen and oxygen atoms in total. The van der Waals surface area contributed by atoms with Crippen LogP contribution in [-0.2, 0) is 14.4 Å². The molecule has 0 unspecified atom stereocenters. The summed E-state index contributed by atoms with van der Waals surface area (Å²) in [5.41, 5.74) is 2.02. The molecule has 2 aliphatic heterocycles. The molecule has 0 aliphatic carbocycles. The van der Waals surface area contributed by atoms with E-state index >= 15 is 0 Å². The van der Waals surface area contributed by atoms with Crippen LogP contribution in [0.25, 0.3) is 6.08 Å². The normalized spacial score (nSPS) is 21.7. The quantitative estimate of drug-likeness (QED) is 0.864. The Bertz CT molecular complexity index is 758. The predicted molar refractivity (Wildman–Crippen MR) is 102 cm³/mol. The van der Waals surface area contributed by atoms with Crippen LogP contribution in [0.1, 0.15) is 56.2 Å². The van der Waals surface area contributed by atoms with Gasteiger partial charge in [0.2, 0.25) is 11.8 Å². The second-order valence-corrected chi connectivity index (χ2v) is 7.37. The van der Waals surface area contributed by atoms with Crippen LogP contribution in [0.15, 0.2) is 30.5 Å². The number of amides is 2. The highest BCUT2D eigenvalue weighted by Crippen LogP contribution is 2.34. The number of hydrogen-bond acceptors (Lipinski definition) is 3. The lowest BCUT2D eigenvalue weighted by atomic mass is 9.91. The second-order valence-electron chi connectivity index (χ2n) is 7.37. The van der Waals surface area contributed by atoms with Crippen molar-refractivity contribution in [3.8, 4) is 0 Å². The minimum atomic E-state index is -0.791. The fourth-order valence-electron chi connectivity index (χ4n) is 4.06. The first-order valence-corrected chi connectivity index (χ1v) is 9.51. The van der Waals surface area contributed by atoms with Crippen molar-refractivity contribution in [2.45, 2.75) is 45.1 Å². The van der Waals surface area contributed by atoms with E-state index in [1.54, 1.807) is 11.1 Å². The molecule has 2 atom stereocenters. The number of fused-ring (bicyclic) bond motifs is 1. The number of likely N-dealkylation sites (tertiary alicyclic amines) is 1. The van der Waals surface area contributed by atoms with Crippen LogP contribution >= 0.6 is 0 Å². The molecule has 1 fully saturated rings. The van der Waals surface area contributed by atoms with Gasteiger partial charge in [-0.3, -0.25) is 14.4 Å². The maximum absolute atomic E-state index is 13.0. The maximum atomic E-state index is 13.0. The van der Waals surface area contributed by atoms with Crippen LogP contribution in [0.5, 0.6) is 0 Å². The molecule has 1 saturated heterocycles. The van der Waals surface area contributed by atoms with Gasteiger partial charge in [-0.15, -0.1) is 0 Å². The third-order valence-electron chi connectivity index (χ3n) is 5.48. The zero-order valence-electron chi connectivity index (χ0n) is 15.6. The molecule has 1 N–H and O–H groups in total. The van der Waals surface area contributed by atoms with E-state index in [2.05, 4.69) is 0 Å². The van der Waals surface area contributed by atoms with Gasteiger partial charge in [-0.05, 0) is 42.4 Å². The number of benzene rings is 1. The van der Waals surface area contributed by atoms with Gasteiger partial charge in [-0.25, -0.2) is 0 Å². The van der Waals surface area contributed by atoms with Gasteiger partial charge in [0.05, 0.1) is 12.5 Å². The third kappa shape index (κ3) is 4.56. The first-order valence-electron chi connectivity index (χ1n) is 9.51. The Labute approximate surface area is 159 Å². The van der Waals surface area contributed by atoms with E-state index in [0.717, 1.165) is 24.0 Å². The van der Waals surface area contributed by atoms with Gasteiger partial charge < -0.3 is 14.9 Å². The van der Waals surface area contributed by atoms with Crippen molar-refractivity contribution < 1.29 is 19.5 Å². The fourth-order valence-corrected chi connectivity index (χ4v) is 4.06. The topological polar surface area (TPSA) is 77.9 Å². The molecule has 144 valence electrons. The van der Waals surface area contributed by atoms with Crippen molar-refractivity contribution in [1.82, 2.24) is 9.80 Å². The number of carbonyl (C=O) groups excluding carboxylic acids is 2. The van der Waals surface area contributed by atoms with Crippen LogP contribution in [0.3, 0.4) is 0 Å². The number of carboxylic acids is 1. The monoisotopic (exact) mass is 370 g/mol. The number of aliphatic carboxylic acids is 1. The Hall–Kier alpha value is -2.63. The summed E-state index contributed by atoms with van der Waals surface area (Å²) >= 11 is 0. The lowest BCUT2D eigenvalue weighted by molar-refractivity contribution is -0.137. The van der Waals surface area contributed by atoms with Gasteiger partial charge in [-0.2, -0.15) is 0 Å². The smallest absolute Gasteiger partial charge is 0.303 e. The summed E-state index contributed by atoms with van der Waals surface area (Å²) < 4.78 is 0. The van der Waals surface area contributed by atoms with Crippen LogP contribution in [0, 0.1) is 5.92 Å². The standard InChI is InChI=1S/C21H26N2O4/c1-15(24)23-12-10-17-6-2-3-7-18(17)19(23)13-20(25)22-11-4-5-16(14-22)8-9-21(26)27/h2-3,6-7,10,12,16,19H,4-5,8-9,11,13-14H2,1H3,(H,26,27)/t16-,19+/m1/s1. The molecule has 1 aromatic rings. The lowest BCUT2D eigenvalue weighted by Gasteiger charge is -2.36. The van der Waals surface area contributed by atoms with Gasteiger partial charge in [0, 0.05) is 32.6 Å². The molecular weight excluding hydrogens is 344 g/mol. The van der Waals surface area contributed by atoms with E-state index in [9.17, 15) is 14.4 Å². The molecular formula is C21H26N2O4. The third-order valence-corrected chi connectivity index (χ3v) is 5.48. The maximum Gasteiger partial charge on any atom is 0.303 e. The van der Waals surface area contributed by atoms with E-state index in [1.165, 1.54) is 6.92 Å². The molecule has 0 aromatic heterocycles. The molecule has 0 bridgehead atoms. The molecule has 0 radical (unpaired) electrons. The van der Waals surface area contributed by atoms with Crippen LogP contribution in [-0.4, -0.2) is 45.8 Å². The molecule has 0 saturated carbocycles. The van der Waals surface area contributed by atoms with Crippen LogP contribution in [0.2, 0.25) is 0 Å². The minimum Gasteiger partial charge on any atom is -0.481 e. The Balaban J connectivity index is 1.70. The summed E-state index contributed by atoms with van der Waals surface area (Å²) in [5.74, 6) is -0.615. The second kappa shape index (κ2) is 8.37. The zero-order chi connectivity index (χ0) is 19.4. The molecule has 2 heterocycles. The van der Waals surface area contributed by atoms with Crippen molar-refractivity contribution in [1.29, 1.82) is 0 Å². The van der Waals surface area contributed by atoms with E-state index < -0.39 is 5.97 Å². The van der Waals surface area contributed by atoms with E-state index in [4.69, 9.17) is 5.11 Å². The Morgan fingerprint density at radius 3 is 2.74 bits per heavy atom. The van der Waals surface area contributed by atoms with E-state index in [-0.39, 0.29) is 36.6 Å². The number of rotatable bonds is 5. The molecule has 0 spiro atoms. The number of hydrogen-bond donors (Lipinski definition) is 1. The summed E-state index contributed by atoms with van der Waals surface area (Å²) in [6, 6.07) is 7.54. The van der Waals surface area contributed by atoms with E-state index in [0.29, 0.717) is 19.5 Å². The highest BCUT2D eigenvalue weighted by molar-refractivity contribution is 5.82. The predicted octanol–water partition coefficient (Wildman–Crippen LogP) is 3.05. The van der Waals surface area contributed by atoms with Crippen molar-refractivity contribution in [3.63, 3.8) is 0 Å². The molecule has 2 aliphatic rings. The first-order chi connectivity index (χ1) is 13.0. The van der Waals surface area contributed by atoms with Crippen molar-refractivity contribution in [2.24, 2.45) is 5.92 Å². The molecule has 27 heavy (non-hydrogen) atoms. The highest BCUT2D eigenvalue weighted by atomic mass is 16.4. The first kappa shape index (κ1) is 19.1. The van der Waals surface area contributed by atoms with Crippen molar-refractivity contribution >= 4 is 23.9 Å². The summed E-state index contributed by atoms with van der Waals surface area (Å²) in [4.78, 5) is 39.3. The van der Waals surface area contributed by atoms with Crippen LogP contribution < -0.4 is 0 Å². The Morgan fingerprint density at radius 1 is 1.22 bits per heavy atom. The fraction of sp³-hybridized carbons (Fsp3) is 0.476. The average Bonchev–Trinajstić information content (AvgIpc) is 2.66. The molecule has 6 heteroatoms. The Morgan fingerprint density at radius 2 is 2.00 bits per heavy atom. The van der Waals surface area contributed by atoms with Crippen molar-refractivity contribution in [2.75, 3.05) is 13.1 Å². The number of carboxylic acid groups (broad SMARTS) is 1. The summed E-state index contributed by atoms with van der Waals surface area (Å²) in [6.45, 7) is 2.82. The SMILES string of the molecule is CC(=O)N1C=Cc2ccccc2[C@@H]1CC(=O)N1CCC[C@H](CCC(=O)O)C1. The van der Waals surface area contributed by atoms with Crippen molar-refractivity contribution in [3.05, 3.63) is 41.6 Å². The summed E-state index contributed by atoms with van der Waals surface area (Å²) in [6.07, 6.45) is 6.51. The van der Waals surface area contributed by atoms with Gasteiger partial charge in [0.25, 0.3) is 0 Å². The molecule has 3 rings (SSSR count). The largest absolute Gasteiger partial charge is 0.481 e. The van der Waals surface area contributed by atoms with Gasteiger partial charge in [-0.1, -0.05) is 24.3 Å². The van der Waals surface area contributed by atoms with E-state index in [1.807, 2.05) is 35.2 Å². The average molecular weight is 370 g/mol. The van der Waals surface area contributed by atoms with Gasteiger partial charge >= 0.3 is 5.97 Å². The highest BCUT2D eigenvalue weighted by Gasteiger charge is 2.31. The Kier molecular flexibility index (Phi) is 5.94. The zero-order valence-corrected chi connectivity index (χ0v) is 15.6. The summed E-state index contributed by atoms with van der Waals surface area (Å²) in [5, 5.41) is 8.89. The number of nitrogens with zero attached hydrogens (tertiary/aromatic N) is 2. The molecule has 1 aromatic carbocycles. The summed E-state index contributed by atoms with van der Waals surface area (Å²) in [7, 11) is 0. The van der Waals surface area contributed by atoms with Gasteiger partial charge in [0.15, 0.2) is 0 Å².